The maximum atomic E-state index is 12.9. The number of unbranched alkanes of at least 4 members (excludes halogenated alkanes) is 29. The minimum Gasteiger partial charge on any atom is -0.393 e. The Kier molecular flexibility index (Phi) is 44.7. The molecule has 0 rings (SSSR count). The number of carbonyl (C=O) groups excluding carboxylic acids is 1. The van der Waals surface area contributed by atoms with Gasteiger partial charge in [-0.25, -0.2) is 4.57 Å². The Labute approximate surface area is 370 Å². The van der Waals surface area contributed by atoms with E-state index in [1.165, 1.54) is 161 Å². The highest BCUT2D eigenvalue weighted by Crippen LogP contribution is 2.43. The number of hydrogen-bond acceptors (Lipinski definition) is 7. The van der Waals surface area contributed by atoms with Gasteiger partial charge >= 0.3 is 7.82 Å². The van der Waals surface area contributed by atoms with E-state index >= 15 is 0 Å². The van der Waals surface area contributed by atoms with Gasteiger partial charge in [-0.15, -0.1) is 0 Å². The van der Waals surface area contributed by atoms with Crippen LogP contribution in [0.1, 0.15) is 239 Å². The summed E-state index contributed by atoms with van der Waals surface area (Å²) in [5.41, 5.74) is 5.38. The number of allylic oxidation sites excluding steroid dienone is 5. The van der Waals surface area contributed by atoms with Gasteiger partial charge in [0.15, 0.2) is 0 Å². The first-order valence-electron chi connectivity index (χ1n) is 25.2. The highest BCUT2D eigenvalue weighted by atomic mass is 31.2. The Morgan fingerprint density at radius 3 is 1.38 bits per heavy atom. The lowest BCUT2D eigenvalue weighted by Crippen LogP contribution is -2.46. The molecule has 9 nitrogen and oxygen atoms in total. The van der Waals surface area contributed by atoms with Gasteiger partial charge in [0.1, 0.15) is 0 Å². The minimum absolute atomic E-state index is 0.0437. The van der Waals surface area contributed by atoms with Gasteiger partial charge in [0.05, 0.1) is 37.9 Å². The van der Waals surface area contributed by atoms with E-state index in [1.807, 2.05) is 6.08 Å². The molecule has 0 heterocycles. The molecule has 0 fully saturated rings. The number of aliphatic hydroxyl groups is 2. The van der Waals surface area contributed by atoms with Crippen LogP contribution >= 0.6 is 7.82 Å². The molecule has 0 aromatic carbocycles. The lowest BCUT2D eigenvalue weighted by atomic mass is 10.0. The molecule has 4 unspecified atom stereocenters. The Balaban J connectivity index is 4.26. The lowest BCUT2D eigenvalue weighted by molar-refractivity contribution is -0.124. The van der Waals surface area contributed by atoms with Crippen molar-refractivity contribution in [1.29, 1.82) is 0 Å². The standard InChI is InChI=1S/C50H97N2O7P/c1-3-5-7-9-11-13-15-17-19-21-23-24-25-27-29-31-33-35-37-39-41-47(53)45-50(55)52-48(46-59-60(56,57)58-44-43-51)49(54)42-40-38-36-34-32-30-28-26-22-20-18-16-14-12-10-8-6-4-2/h25,27,32,34,40,42,47-49,53-54H,3-24,26,28-31,33,35-39,41,43-46,51H2,1-2H3,(H,52,55)(H,56,57)/b27-25-,34-32+,42-40+. The normalized spacial score (nSPS) is 14.7. The molecule has 0 aromatic heterocycles. The van der Waals surface area contributed by atoms with Gasteiger partial charge in [-0.05, 0) is 57.8 Å². The van der Waals surface area contributed by atoms with Crippen LogP contribution in [0.4, 0.5) is 0 Å². The molecule has 0 aromatic rings. The van der Waals surface area contributed by atoms with Gasteiger partial charge in [0.2, 0.25) is 5.91 Å². The van der Waals surface area contributed by atoms with Gasteiger partial charge in [-0.2, -0.15) is 0 Å². The van der Waals surface area contributed by atoms with Crippen molar-refractivity contribution in [3.8, 4) is 0 Å². The van der Waals surface area contributed by atoms with Crippen molar-refractivity contribution in [2.24, 2.45) is 5.73 Å². The second-order valence-electron chi connectivity index (χ2n) is 17.2. The third-order valence-corrected chi connectivity index (χ3v) is 12.2. The van der Waals surface area contributed by atoms with Gasteiger partial charge in [-0.1, -0.05) is 211 Å². The molecular weight excluding hydrogens is 772 g/mol. The summed E-state index contributed by atoms with van der Waals surface area (Å²) in [4.78, 5) is 22.8. The first-order chi connectivity index (χ1) is 29.3. The Morgan fingerprint density at radius 1 is 0.567 bits per heavy atom. The fourth-order valence-corrected chi connectivity index (χ4v) is 8.18. The smallest absolute Gasteiger partial charge is 0.393 e. The molecule has 0 bridgehead atoms. The zero-order valence-corrected chi connectivity index (χ0v) is 40.0. The fraction of sp³-hybridized carbons (Fsp3) is 0.860. The van der Waals surface area contributed by atoms with Crippen molar-refractivity contribution in [3.05, 3.63) is 36.5 Å². The third-order valence-electron chi connectivity index (χ3n) is 11.2. The molecule has 10 heteroatoms. The van der Waals surface area contributed by atoms with Crippen molar-refractivity contribution in [2.75, 3.05) is 19.8 Å². The number of amides is 1. The molecule has 0 aliphatic carbocycles. The molecule has 354 valence electrons. The van der Waals surface area contributed by atoms with E-state index in [9.17, 15) is 24.5 Å². The number of phosphoric acid groups is 1. The van der Waals surface area contributed by atoms with Crippen LogP contribution in [0, 0.1) is 0 Å². The second kappa shape index (κ2) is 45.7. The molecule has 4 atom stereocenters. The average Bonchev–Trinajstić information content (AvgIpc) is 3.23. The molecule has 0 saturated heterocycles. The monoisotopic (exact) mass is 869 g/mol. The molecule has 6 N–H and O–H groups in total. The molecule has 0 radical (unpaired) electrons. The first kappa shape index (κ1) is 58.7. The Bertz CT molecular complexity index is 1060. The fourth-order valence-electron chi connectivity index (χ4n) is 7.42. The summed E-state index contributed by atoms with van der Waals surface area (Å²) < 4.78 is 22.1. The number of nitrogens with one attached hydrogen (secondary N) is 1. The van der Waals surface area contributed by atoms with Crippen molar-refractivity contribution < 1.29 is 33.5 Å². The van der Waals surface area contributed by atoms with Crippen LogP contribution in [0.3, 0.4) is 0 Å². The predicted molar refractivity (Wildman–Crippen MR) is 255 cm³/mol. The molecule has 60 heavy (non-hydrogen) atoms. The van der Waals surface area contributed by atoms with Gasteiger partial charge in [0, 0.05) is 6.54 Å². The summed E-state index contributed by atoms with van der Waals surface area (Å²) in [5.74, 6) is -0.458. The van der Waals surface area contributed by atoms with E-state index in [1.54, 1.807) is 6.08 Å². The molecule has 0 aliphatic rings. The quantitative estimate of drug-likeness (QED) is 0.0230. The zero-order valence-electron chi connectivity index (χ0n) is 39.1. The first-order valence-corrected chi connectivity index (χ1v) is 26.7. The van der Waals surface area contributed by atoms with Crippen LogP contribution in [0.2, 0.25) is 0 Å². The minimum atomic E-state index is -4.41. The number of hydrogen-bond donors (Lipinski definition) is 5. The highest BCUT2D eigenvalue weighted by molar-refractivity contribution is 7.47. The molecular formula is C50H97N2O7P. The van der Waals surface area contributed by atoms with Crippen LogP contribution in [0.15, 0.2) is 36.5 Å². The van der Waals surface area contributed by atoms with Crippen molar-refractivity contribution in [2.45, 2.75) is 257 Å². The van der Waals surface area contributed by atoms with E-state index in [0.29, 0.717) is 12.8 Å². The molecule has 1 amide bonds. The van der Waals surface area contributed by atoms with Gasteiger partial charge < -0.3 is 26.2 Å². The van der Waals surface area contributed by atoms with Crippen molar-refractivity contribution in [1.82, 2.24) is 5.32 Å². The van der Waals surface area contributed by atoms with Crippen LogP contribution in [0.25, 0.3) is 0 Å². The van der Waals surface area contributed by atoms with Crippen molar-refractivity contribution >= 4 is 13.7 Å². The summed E-state index contributed by atoms with van der Waals surface area (Å²) in [6.07, 6.45) is 52.4. The maximum Gasteiger partial charge on any atom is 0.472 e. The van der Waals surface area contributed by atoms with E-state index < -0.39 is 38.6 Å². The average molecular weight is 869 g/mol. The predicted octanol–water partition coefficient (Wildman–Crippen LogP) is 13.6. The van der Waals surface area contributed by atoms with Gasteiger partial charge in [0.25, 0.3) is 0 Å². The number of carbonyl (C=O) groups is 1. The lowest BCUT2D eigenvalue weighted by Gasteiger charge is -2.24. The van der Waals surface area contributed by atoms with Crippen LogP contribution in [-0.2, 0) is 18.4 Å². The topological polar surface area (TPSA) is 151 Å². The summed E-state index contributed by atoms with van der Waals surface area (Å²) in [7, 11) is -4.41. The second-order valence-corrected chi connectivity index (χ2v) is 18.7. The van der Waals surface area contributed by atoms with Crippen LogP contribution in [0.5, 0.6) is 0 Å². The summed E-state index contributed by atoms with van der Waals surface area (Å²) in [6.45, 7) is 3.97. The number of phosphoric ester groups is 1. The Hall–Kier alpha value is -1.32. The summed E-state index contributed by atoms with van der Waals surface area (Å²) in [6, 6.07) is -1.00. The van der Waals surface area contributed by atoms with E-state index in [4.69, 9.17) is 14.8 Å². The third kappa shape index (κ3) is 43.3. The summed E-state index contributed by atoms with van der Waals surface area (Å²) in [5, 5.41) is 24.1. The van der Waals surface area contributed by atoms with E-state index in [2.05, 4.69) is 43.5 Å². The SMILES string of the molecule is CCCCCCCCCCCCC/C=C\CCCCCCCC(O)CC(=O)NC(COP(=O)(O)OCCN)C(O)/C=C/CC/C=C/CCCCCCCCCCCCCC. The van der Waals surface area contributed by atoms with Crippen molar-refractivity contribution in [3.63, 3.8) is 0 Å². The van der Waals surface area contributed by atoms with E-state index in [0.717, 1.165) is 44.9 Å². The molecule has 0 spiro atoms. The number of rotatable bonds is 47. The largest absolute Gasteiger partial charge is 0.472 e. The molecule has 0 aliphatic heterocycles. The molecule has 0 saturated carbocycles. The van der Waals surface area contributed by atoms with E-state index in [-0.39, 0.29) is 19.6 Å². The van der Waals surface area contributed by atoms with Crippen LogP contribution < -0.4 is 11.1 Å². The Morgan fingerprint density at radius 2 is 0.950 bits per heavy atom. The maximum absolute atomic E-state index is 12.9. The van der Waals surface area contributed by atoms with Gasteiger partial charge in [-0.3, -0.25) is 13.8 Å². The summed E-state index contributed by atoms with van der Waals surface area (Å²) >= 11 is 0. The number of nitrogens with two attached hydrogens (primary N) is 1. The zero-order chi connectivity index (χ0) is 44.0. The highest BCUT2D eigenvalue weighted by Gasteiger charge is 2.27. The van der Waals surface area contributed by atoms with Crippen LogP contribution in [-0.4, -0.2) is 59.0 Å². The number of aliphatic hydroxyl groups excluding tert-OH is 2.